The fourth-order valence-corrected chi connectivity index (χ4v) is 2.53. The highest BCUT2D eigenvalue weighted by Gasteiger charge is 2.19. The molecule has 1 aromatic carbocycles. The van der Waals surface area contributed by atoms with Crippen molar-refractivity contribution < 1.29 is 8.78 Å². The predicted molar refractivity (Wildman–Crippen MR) is 76.2 cm³/mol. The van der Waals surface area contributed by atoms with Crippen LogP contribution in [0, 0.1) is 17.6 Å². The third-order valence-electron chi connectivity index (χ3n) is 3.72. The van der Waals surface area contributed by atoms with Crippen molar-refractivity contribution in [3.8, 4) is 0 Å². The van der Waals surface area contributed by atoms with Crippen molar-refractivity contribution in [2.24, 2.45) is 5.92 Å². The molecule has 0 saturated carbocycles. The van der Waals surface area contributed by atoms with Crippen LogP contribution in [0.2, 0.25) is 0 Å². The van der Waals surface area contributed by atoms with Crippen molar-refractivity contribution in [1.29, 1.82) is 0 Å². The standard InChI is InChI=1S/C16H25F2N/c1-4-9-19-16(12(5-2)6-3)11-13-10-14(17)7-8-15(13)18/h7-8,10,12,16,19H,4-6,9,11H2,1-3H3. The Bertz CT molecular complexity index is 375. The zero-order chi connectivity index (χ0) is 14.3. The third-order valence-corrected chi connectivity index (χ3v) is 3.72. The molecule has 1 rings (SSSR count). The minimum atomic E-state index is -0.366. The minimum Gasteiger partial charge on any atom is -0.313 e. The fourth-order valence-electron chi connectivity index (χ4n) is 2.53. The molecular weight excluding hydrogens is 244 g/mol. The molecule has 0 aliphatic carbocycles. The maximum Gasteiger partial charge on any atom is 0.126 e. The maximum absolute atomic E-state index is 13.7. The molecule has 0 spiro atoms. The highest BCUT2D eigenvalue weighted by atomic mass is 19.1. The van der Waals surface area contributed by atoms with Crippen LogP contribution in [0.3, 0.4) is 0 Å². The normalized spacial score (nSPS) is 12.9. The van der Waals surface area contributed by atoms with E-state index in [1.165, 1.54) is 18.2 Å². The summed E-state index contributed by atoms with van der Waals surface area (Å²) in [5.74, 6) is -0.180. The Morgan fingerprint density at radius 3 is 2.37 bits per heavy atom. The van der Waals surface area contributed by atoms with E-state index in [-0.39, 0.29) is 17.7 Å². The molecule has 0 aliphatic heterocycles. The number of nitrogens with one attached hydrogen (secondary N) is 1. The monoisotopic (exact) mass is 269 g/mol. The largest absolute Gasteiger partial charge is 0.313 e. The molecule has 0 aromatic heterocycles. The second kappa shape index (κ2) is 8.26. The SMILES string of the molecule is CCCNC(Cc1cc(F)ccc1F)C(CC)CC. The molecule has 1 N–H and O–H groups in total. The van der Waals surface area contributed by atoms with Crippen molar-refractivity contribution in [3.63, 3.8) is 0 Å². The van der Waals surface area contributed by atoms with E-state index >= 15 is 0 Å². The van der Waals surface area contributed by atoms with Crippen molar-refractivity contribution in [2.45, 2.75) is 52.5 Å². The first-order valence-corrected chi connectivity index (χ1v) is 7.29. The first-order valence-electron chi connectivity index (χ1n) is 7.29. The van der Waals surface area contributed by atoms with Gasteiger partial charge >= 0.3 is 0 Å². The first kappa shape index (κ1) is 16.1. The van der Waals surface area contributed by atoms with Crippen LogP contribution in [0.4, 0.5) is 8.78 Å². The number of rotatable bonds is 8. The van der Waals surface area contributed by atoms with Gasteiger partial charge in [-0.15, -0.1) is 0 Å². The topological polar surface area (TPSA) is 12.0 Å². The molecule has 0 bridgehead atoms. The van der Waals surface area contributed by atoms with Gasteiger partial charge in [-0.2, -0.15) is 0 Å². The average molecular weight is 269 g/mol. The summed E-state index contributed by atoms with van der Waals surface area (Å²) in [4.78, 5) is 0. The van der Waals surface area contributed by atoms with E-state index in [1.807, 2.05) is 0 Å². The van der Waals surface area contributed by atoms with Crippen LogP contribution in [0.15, 0.2) is 18.2 Å². The summed E-state index contributed by atoms with van der Waals surface area (Å²) in [6.45, 7) is 7.32. The van der Waals surface area contributed by atoms with Crippen molar-refractivity contribution >= 4 is 0 Å². The number of hydrogen-bond acceptors (Lipinski definition) is 1. The van der Waals surface area contributed by atoms with E-state index in [1.54, 1.807) is 0 Å². The fraction of sp³-hybridized carbons (Fsp3) is 0.625. The van der Waals surface area contributed by atoms with Crippen LogP contribution in [-0.2, 0) is 6.42 Å². The maximum atomic E-state index is 13.7. The van der Waals surface area contributed by atoms with Crippen LogP contribution in [-0.4, -0.2) is 12.6 Å². The lowest BCUT2D eigenvalue weighted by Gasteiger charge is -2.27. The van der Waals surface area contributed by atoms with Crippen molar-refractivity contribution in [1.82, 2.24) is 5.32 Å². The summed E-state index contributed by atoms with van der Waals surface area (Å²) in [6.07, 6.45) is 3.70. The van der Waals surface area contributed by atoms with Crippen LogP contribution < -0.4 is 5.32 Å². The average Bonchev–Trinajstić information content (AvgIpc) is 2.41. The lowest BCUT2D eigenvalue weighted by atomic mass is 9.89. The van der Waals surface area contributed by atoms with Crippen molar-refractivity contribution in [3.05, 3.63) is 35.4 Å². The lowest BCUT2D eigenvalue weighted by molar-refractivity contribution is 0.329. The smallest absolute Gasteiger partial charge is 0.126 e. The third kappa shape index (κ3) is 4.90. The van der Waals surface area contributed by atoms with Gasteiger partial charge in [0.25, 0.3) is 0 Å². The van der Waals surface area contributed by atoms with E-state index < -0.39 is 0 Å². The Kier molecular flexibility index (Phi) is 7.00. The van der Waals surface area contributed by atoms with Crippen LogP contribution in [0.5, 0.6) is 0 Å². The van der Waals surface area contributed by atoms with Crippen LogP contribution in [0.25, 0.3) is 0 Å². The van der Waals surface area contributed by atoms with Gasteiger partial charge in [0.2, 0.25) is 0 Å². The summed E-state index contributed by atoms with van der Waals surface area (Å²) >= 11 is 0. The number of hydrogen-bond donors (Lipinski definition) is 1. The first-order chi connectivity index (χ1) is 9.12. The van der Waals surface area contributed by atoms with Crippen LogP contribution >= 0.6 is 0 Å². The quantitative estimate of drug-likeness (QED) is 0.741. The second-order valence-electron chi connectivity index (χ2n) is 5.08. The Morgan fingerprint density at radius 1 is 1.11 bits per heavy atom. The van der Waals surface area contributed by atoms with Gasteiger partial charge in [0.05, 0.1) is 0 Å². The zero-order valence-electron chi connectivity index (χ0n) is 12.2. The Hall–Kier alpha value is -0.960. The molecule has 1 atom stereocenters. The van der Waals surface area contributed by atoms with Gasteiger partial charge < -0.3 is 5.32 Å². The molecule has 0 amide bonds. The van der Waals surface area contributed by atoms with E-state index in [4.69, 9.17) is 0 Å². The highest BCUT2D eigenvalue weighted by molar-refractivity contribution is 5.20. The molecular formula is C16H25F2N. The summed E-state index contributed by atoms with van der Waals surface area (Å²) in [7, 11) is 0. The Labute approximate surface area is 115 Å². The van der Waals surface area contributed by atoms with Crippen molar-refractivity contribution in [2.75, 3.05) is 6.54 Å². The van der Waals surface area contributed by atoms with Gasteiger partial charge in [-0.3, -0.25) is 0 Å². The van der Waals surface area contributed by atoms with E-state index in [0.29, 0.717) is 17.9 Å². The van der Waals surface area contributed by atoms with Gasteiger partial charge in [-0.1, -0.05) is 33.6 Å². The van der Waals surface area contributed by atoms with Gasteiger partial charge in [0.15, 0.2) is 0 Å². The molecule has 0 heterocycles. The number of benzene rings is 1. The summed E-state index contributed by atoms with van der Waals surface area (Å²) in [6, 6.07) is 3.92. The summed E-state index contributed by atoms with van der Waals surface area (Å²) in [5.41, 5.74) is 0.473. The van der Waals surface area contributed by atoms with E-state index in [0.717, 1.165) is 25.8 Å². The lowest BCUT2D eigenvalue weighted by Crippen LogP contribution is -2.38. The second-order valence-corrected chi connectivity index (χ2v) is 5.08. The van der Waals surface area contributed by atoms with Gasteiger partial charge in [0.1, 0.15) is 11.6 Å². The molecule has 19 heavy (non-hydrogen) atoms. The highest BCUT2D eigenvalue weighted by Crippen LogP contribution is 2.20. The molecule has 0 radical (unpaired) electrons. The molecule has 3 heteroatoms. The van der Waals surface area contributed by atoms with Gasteiger partial charge in [-0.05, 0) is 49.1 Å². The zero-order valence-corrected chi connectivity index (χ0v) is 12.2. The predicted octanol–water partition coefficient (Wildman–Crippen LogP) is 4.31. The Morgan fingerprint density at radius 2 is 1.79 bits per heavy atom. The van der Waals surface area contributed by atoms with Gasteiger partial charge in [0, 0.05) is 6.04 Å². The molecule has 0 aliphatic rings. The summed E-state index contributed by atoms with van der Waals surface area (Å²) in [5, 5.41) is 3.48. The minimum absolute atomic E-state index is 0.214. The molecule has 1 aromatic rings. The van der Waals surface area contributed by atoms with E-state index in [9.17, 15) is 8.78 Å². The summed E-state index contributed by atoms with van der Waals surface area (Å²) < 4.78 is 27.0. The molecule has 0 fully saturated rings. The Balaban J connectivity index is 2.83. The van der Waals surface area contributed by atoms with Gasteiger partial charge in [-0.25, -0.2) is 8.78 Å². The van der Waals surface area contributed by atoms with Crippen LogP contribution in [0.1, 0.15) is 45.6 Å². The van der Waals surface area contributed by atoms with E-state index in [2.05, 4.69) is 26.1 Å². The molecule has 1 unspecified atom stereocenters. The number of halogens is 2. The molecule has 0 saturated heterocycles. The molecule has 1 nitrogen and oxygen atoms in total. The molecule has 108 valence electrons.